The van der Waals surface area contributed by atoms with Crippen molar-refractivity contribution >= 4 is 41.6 Å². The molecule has 0 radical (unpaired) electrons. The zero-order valence-corrected chi connectivity index (χ0v) is 38.0. The summed E-state index contributed by atoms with van der Waals surface area (Å²) in [4.78, 5) is 26.1. The van der Waals surface area contributed by atoms with Crippen LogP contribution in [0, 0.1) is 11.6 Å². The summed E-state index contributed by atoms with van der Waals surface area (Å²) in [6, 6.07) is 49.0. The van der Waals surface area contributed by atoms with E-state index in [0.29, 0.717) is 25.9 Å². The van der Waals surface area contributed by atoms with Crippen LogP contribution < -0.4 is 16.0 Å². The fraction of sp³-hybridized carbons (Fsp3) is 0.240. The van der Waals surface area contributed by atoms with Gasteiger partial charge in [-0.05, 0) is 97.4 Å². The molecule has 340 valence electrons. The number of sulfonamides is 1. The minimum Gasteiger partial charge on any atom is -0.351 e. The van der Waals surface area contributed by atoms with E-state index in [1.807, 2.05) is 109 Å². The molecular formula is C50H51ClF2N4O6S2. The molecular weight excluding hydrogens is 890 g/mol. The SMILES string of the molecule is O=C(NCc1ccccc1)C1(c2ccccc2)CCN(S(=O)(=O)c2cccc(F)c2)CC1.O=C(NCc1ccccc1)C1(c2ccccc2)CCNCC1.O=S(=O)(Cl)c1cccc(F)c1. The van der Waals surface area contributed by atoms with Crippen LogP contribution in [0.25, 0.3) is 0 Å². The Balaban J connectivity index is 0.000000182. The van der Waals surface area contributed by atoms with Crippen molar-refractivity contribution in [2.24, 2.45) is 0 Å². The van der Waals surface area contributed by atoms with E-state index in [2.05, 4.69) is 28.1 Å². The molecule has 2 saturated heterocycles. The van der Waals surface area contributed by atoms with E-state index < -0.39 is 41.5 Å². The second-order valence-corrected chi connectivity index (χ2v) is 20.2. The summed E-state index contributed by atoms with van der Waals surface area (Å²) in [5, 5.41) is 9.54. The molecule has 8 rings (SSSR count). The number of hydrogen-bond donors (Lipinski definition) is 3. The quantitative estimate of drug-likeness (QED) is 0.111. The predicted octanol–water partition coefficient (Wildman–Crippen LogP) is 8.24. The normalized spacial score (nSPS) is 15.7. The molecule has 0 atom stereocenters. The third-order valence-corrected chi connectivity index (χ3v) is 14.9. The molecule has 0 bridgehead atoms. The molecule has 6 aromatic carbocycles. The number of piperidine rings is 2. The molecule has 3 N–H and O–H groups in total. The molecule has 0 unspecified atom stereocenters. The van der Waals surface area contributed by atoms with Crippen molar-refractivity contribution in [3.8, 4) is 0 Å². The number of carbonyl (C=O) groups is 2. The minimum absolute atomic E-state index is 0.0711. The zero-order valence-electron chi connectivity index (χ0n) is 35.6. The van der Waals surface area contributed by atoms with Crippen LogP contribution in [0.15, 0.2) is 180 Å². The average Bonchev–Trinajstić information content (AvgIpc) is 3.34. The average molecular weight is 942 g/mol. The topological polar surface area (TPSA) is 142 Å². The maximum Gasteiger partial charge on any atom is 0.261 e. The van der Waals surface area contributed by atoms with E-state index in [1.165, 1.54) is 34.6 Å². The summed E-state index contributed by atoms with van der Waals surface area (Å²) in [5.41, 5.74) is 2.89. The first-order valence-electron chi connectivity index (χ1n) is 21.2. The van der Waals surface area contributed by atoms with E-state index in [-0.39, 0.29) is 34.7 Å². The van der Waals surface area contributed by atoms with Crippen LogP contribution in [-0.2, 0) is 52.6 Å². The molecule has 2 aliphatic rings. The van der Waals surface area contributed by atoms with Crippen molar-refractivity contribution in [2.45, 2.75) is 59.4 Å². The van der Waals surface area contributed by atoms with E-state index in [9.17, 15) is 35.2 Å². The first-order chi connectivity index (χ1) is 31.2. The first-order valence-corrected chi connectivity index (χ1v) is 24.9. The molecule has 10 nitrogen and oxygen atoms in total. The molecule has 2 heterocycles. The third kappa shape index (κ3) is 12.7. The van der Waals surface area contributed by atoms with Crippen molar-refractivity contribution in [3.63, 3.8) is 0 Å². The van der Waals surface area contributed by atoms with Gasteiger partial charge in [-0.15, -0.1) is 0 Å². The van der Waals surface area contributed by atoms with Gasteiger partial charge in [0.1, 0.15) is 11.6 Å². The zero-order chi connectivity index (χ0) is 46.3. The highest BCUT2D eigenvalue weighted by atomic mass is 35.7. The van der Waals surface area contributed by atoms with Gasteiger partial charge >= 0.3 is 0 Å². The summed E-state index contributed by atoms with van der Waals surface area (Å²) in [7, 11) is -2.69. The molecule has 2 aliphatic heterocycles. The predicted molar refractivity (Wildman–Crippen MR) is 249 cm³/mol. The molecule has 2 fully saturated rings. The van der Waals surface area contributed by atoms with Crippen molar-refractivity contribution < 1.29 is 35.2 Å². The van der Waals surface area contributed by atoms with Crippen molar-refractivity contribution in [1.82, 2.24) is 20.3 Å². The maximum absolute atomic E-state index is 13.6. The van der Waals surface area contributed by atoms with E-state index in [0.717, 1.165) is 66.4 Å². The summed E-state index contributed by atoms with van der Waals surface area (Å²) in [6.45, 7) is 3.10. The van der Waals surface area contributed by atoms with Crippen LogP contribution in [0.2, 0.25) is 0 Å². The minimum atomic E-state index is -3.84. The number of halogens is 3. The Bertz CT molecular complexity index is 2710. The second-order valence-electron chi connectivity index (χ2n) is 15.7. The highest BCUT2D eigenvalue weighted by molar-refractivity contribution is 8.13. The van der Waals surface area contributed by atoms with Gasteiger partial charge in [-0.3, -0.25) is 9.59 Å². The number of nitrogens with zero attached hydrogens (tertiary/aromatic N) is 1. The Labute approximate surface area is 384 Å². The third-order valence-electron chi connectivity index (χ3n) is 11.7. The Morgan fingerprint density at radius 2 is 0.923 bits per heavy atom. The van der Waals surface area contributed by atoms with Gasteiger partial charge in [-0.2, -0.15) is 4.31 Å². The molecule has 0 aliphatic carbocycles. The van der Waals surface area contributed by atoms with Gasteiger partial charge in [0.15, 0.2) is 0 Å². The lowest BCUT2D eigenvalue weighted by atomic mass is 9.72. The largest absolute Gasteiger partial charge is 0.351 e. The molecule has 6 aromatic rings. The van der Waals surface area contributed by atoms with Crippen LogP contribution in [0.3, 0.4) is 0 Å². The number of carbonyl (C=O) groups excluding carboxylic acids is 2. The van der Waals surface area contributed by atoms with Crippen molar-refractivity contribution in [3.05, 3.63) is 204 Å². The molecule has 15 heteroatoms. The summed E-state index contributed by atoms with van der Waals surface area (Å²) in [6.07, 6.45) is 2.37. The molecule has 65 heavy (non-hydrogen) atoms. The molecule has 0 aromatic heterocycles. The smallest absolute Gasteiger partial charge is 0.261 e. The van der Waals surface area contributed by atoms with Crippen LogP contribution in [0.4, 0.5) is 8.78 Å². The Hall–Kier alpha value is -5.77. The van der Waals surface area contributed by atoms with Gasteiger partial charge in [0.2, 0.25) is 21.8 Å². The number of amides is 2. The fourth-order valence-corrected chi connectivity index (χ4v) is 10.3. The highest BCUT2D eigenvalue weighted by Crippen LogP contribution is 2.38. The van der Waals surface area contributed by atoms with Crippen LogP contribution >= 0.6 is 10.7 Å². The van der Waals surface area contributed by atoms with E-state index in [4.69, 9.17) is 10.7 Å². The molecule has 2 amide bonds. The monoisotopic (exact) mass is 940 g/mol. The highest BCUT2D eigenvalue weighted by Gasteiger charge is 2.45. The lowest BCUT2D eigenvalue weighted by molar-refractivity contribution is -0.129. The van der Waals surface area contributed by atoms with Gasteiger partial charge in [-0.1, -0.05) is 133 Å². The molecule has 0 saturated carbocycles. The molecule has 0 spiro atoms. The number of benzene rings is 6. The van der Waals surface area contributed by atoms with E-state index in [1.54, 1.807) is 0 Å². The summed E-state index contributed by atoms with van der Waals surface area (Å²) >= 11 is 0. The lowest BCUT2D eigenvalue weighted by Crippen LogP contribution is -2.52. The second kappa shape index (κ2) is 22.4. The van der Waals surface area contributed by atoms with Crippen LogP contribution in [-0.4, -0.2) is 59.1 Å². The van der Waals surface area contributed by atoms with Crippen LogP contribution in [0.1, 0.15) is 47.9 Å². The van der Waals surface area contributed by atoms with Crippen LogP contribution in [0.5, 0.6) is 0 Å². The number of rotatable bonds is 11. The number of hydrogen-bond acceptors (Lipinski definition) is 7. The Morgan fingerprint density at radius 1 is 0.538 bits per heavy atom. The number of nitrogens with one attached hydrogen (secondary N) is 3. The Morgan fingerprint density at radius 3 is 1.32 bits per heavy atom. The standard InChI is InChI=1S/C25H25FN2O3S.C19H22N2O.C6H4ClFO2S/c26-22-12-7-13-23(18-22)32(30,31)28-16-14-25(15-17-28,21-10-5-2-6-11-21)24(29)27-19-20-8-3-1-4-9-20;22-18(21-15-16-7-3-1-4-8-16)19(11-13-20-14-12-19)17-9-5-2-6-10-17;7-11(9,10)6-3-1-2-5(8)4-6/h1-13,18H,14-17,19H2,(H,27,29);1-10,20H,11-15H2,(H,21,22);1-4H. The van der Waals surface area contributed by atoms with Gasteiger partial charge < -0.3 is 16.0 Å². The van der Waals surface area contributed by atoms with E-state index >= 15 is 0 Å². The lowest BCUT2D eigenvalue weighted by Gasteiger charge is -2.40. The van der Waals surface area contributed by atoms with Gasteiger partial charge in [0.05, 0.1) is 20.6 Å². The first kappa shape index (κ1) is 48.7. The van der Waals surface area contributed by atoms with Gasteiger partial charge in [0, 0.05) is 36.9 Å². The van der Waals surface area contributed by atoms with Gasteiger partial charge in [0.25, 0.3) is 9.05 Å². The summed E-state index contributed by atoms with van der Waals surface area (Å²) in [5.74, 6) is -1.19. The maximum atomic E-state index is 13.6. The van der Waals surface area contributed by atoms with Crippen molar-refractivity contribution in [1.29, 1.82) is 0 Å². The summed E-state index contributed by atoms with van der Waals surface area (Å²) < 4.78 is 74.5. The Kier molecular flexibility index (Phi) is 16.8. The van der Waals surface area contributed by atoms with Crippen molar-refractivity contribution in [2.75, 3.05) is 26.2 Å². The van der Waals surface area contributed by atoms with Gasteiger partial charge in [-0.25, -0.2) is 25.6 Å². The fourth-order valence-electron chi connectivity index (χ4n) is 8.06.